The zero-order chi connectivity index (χ0) is 12.7. The second kappa shape index (κ2) is 4.23. The fraction of sp³-hybridized carbons (Fsp3) is 0.235. The van der Waals surface area contributed by atoms with Gasteiger partial charge in [0.2, 0.25) is 0 Å². The minimum absolute atomic E-state index is 0.565. The molecular weight excluding hydrogens is 232 g/mol. The van der Waals surface area contributed by atoms with Gasteiger partial charge in [0.15, 0.2) is 0 Å². The lowest BCUT2D eigenvalue weighted by atomic mass is 9.98. The van der Waals surface area contributed by atoms with Crippen LogP contribution in [0, 0.1) is 0 Å². The number of aryl methyl sites for hydroxylation is 1. The molecule has 0 bridgehead atoms. The smallest absolute Gasteiger partial charge is 0.113 e. The molecule has 1 aromatic heterocycles. The third-order valence-electron chi connectivity index (χ3n) is 4.08. The molecule has 1 aliphatic rings. The van der Waals surface area contributed by atoms with Gasteiger partial charge < -0.3 is 4.57 Å². The summed E-state index contributed by atoms with van der Waals surface area (Å²) in [7, 11) is 0. The van der Waals surface area contributed by atoms with Crippen molar-refractivity contribution >= 4 is 11.0 Å². The predicted octanol–water partition coefficient (Wildman–Crippen LogP) is 3.77. The van der Waals surface area contributed by atoms with Gasteiger partial charge in [-0.3, -0.25) is 0 Å². The van der Waals surface area contributed by atoms with Crippen LogP contribution in [0.2, 0.25) is 0 Å². The Bertz CT molecular complexity index is 712. The summed E-state index contributed by atoms with van der Waals surface area (Å²) in [6.07, 6.45) is 2.31. The van der Waals surface area contributed by atoms with E-state index in [0.29, 0.717) is 5.92 Å². The largest absolute Gasteiger partial charge is 0.328 e. The normalized spacial score (nSPS) is 17.8. The van der Waals surface area contributed by atoms with E-state index in [9.17, 15) is 0 Å². The maximum Gasteiger partial charge on any atom is 0.113 e. The lowest BCUT2D eigenvalue weighted by molar-refractivity contribution is 0.654. The van der Waals surface area contributed by atoms with Gasteiger partial charge in [-0.1, -0.05) is 42.5 Å². The van der Waals surface area contributed by atoms with Crippen molar-refractivity contribution in [3.05, 3.63) is 66.0 Å². The molecule has 3 aromatic rings. The summed E-state index contributed by atoms with van der Waals surface area (Å²) in [5.41, 5.74) is 3.83. The SMILES string of the molecule is c1ccc(C[C@@H]2CCn3c2nc2ccccc23)cc1. The van der Waals surface area contributed by atoms with Crippen LogP contribution >= 0.6 is 0 Å². The van der Waals surface area contributed by atoms with Crippen molar-refractivity contribution in [3.8, 4) is 0 Å². The van der Waals surface area contributed by atoms with Crippen molar-refractivity contribution in [3.63, 3.8) is 0 Å². The molecule has 4 rings (SSSR count). The Morgan fingerprint density at radius 1 is 1.00 bits per heavy atom. The highest BCUT2D eigenvalue weighted by Gasteiger charge is 2.26. The van der Waals surface area contributed by atoms with Gasteiger partial charge in [-0.2, -0.15) is 0 Å². The van der Waals surface area contributed by atoms with Gasteiger partial charge in [-0.05, 0) is 30.5 Å². The topological polar surface area (TPSA) is 17.8 Å². The van der Waals surface area contributed by atoms with Crippen LogP contribution in [0.1, 0.15) is 23.7 Å². The van der Waals surface area contributed by atoms with Crippen LogP contribution < -0.4 is 0 Å². The minimum atomic E-state index is 0.565. The van der Waals surface area contributed by atoms with Crippen LogP contribution in [0.5, 0.6) is 0 Å². The first kappa shape index (κ1) is 10.8. The zero-order valence-electron chi connectivity index (χ0n) is 10.8. The summed E-state index contributed by atoms with van der Waals surface area (Å²) in [6, 6.07) is 19.2. The Morgan fingerprint density at radius 2 is 1.79 bits per heavy atom. The third-order valence-corrected chi connectivity index (χ3v) is 4.08. The molecule has 0 N–H and O–H groups in total. The van der Waals surface area contributed by atoms with Crippen molar-refractivity contribution in [1.82, 2.24) is 9.55 Å². The molecule has 0 radical (unpaired) electrons. The molecule has 0 saturated carbocycles. The zero-order valence-corrected chi connectivity index (χ0v) is 10.8. The molecule has 2 aromatic carbocycles. The molecule has 0 spiro atoms. The highest BCUT2D eigenvalue weighted by molar-refractivity contribution is 5.76. The van der Waals surface area contributed by atoms with Gasteiger partial charge >= 0.3 is 0 Å². The number of hydrogen-bond acceptors (Lipinski definition) is 1. The van der Waals surface area contributed by atoms with E-state index in [-0.39, 0.29) is 0 Å². The second-order valence-electron chi connectivity index (χ2n) is 5.29. The lowest BCUT2D eigenvalue weighted by Crippen LogP contribution is -2.00. The molecule has 1 atom stereocenters. The third kappa shape index (κ3) is 1.75. The standard InChI is InChI=1S/C17H16N2/c1-2-6-13(7-3-1)12-14-10-11-19-16-9-5-4-8-15(16)18-17(14)19/h1-9,14H,10-12H2/t14-/m0/s1. The molecule has 0 fully saturated rings. The quantitative estimate of drug-likeness (QED) is 0.675. The molecule has 0 amide bonds. The number of nitrogens with zero attached hydrogens (tertiary/aromatic N) is 2. The second-order valence-corrected chi connectivity index (χ2v) is 5.29. The van der Waals surface area contributed by atoms with E-state index in [1.807, 2.05) is 0 Å². The Labute approximate surface area is 112 Å². The highest BCUT2D eigenvalue weighted by Crippen LogP contribution is 2.33. The predicted molar refractivity (Wildman–Crippen MR) is 77.2 cm³/mol. The Hall–Kier alpha value is -2.09. The van der Waals surface area contributed by atoms with E-state index >= 15 is 0 Å². The van der Waals surface area contributed by atoms with Gasteiger partial charge in [0.1, 0.15) is 5.82 Å². The molecule has 2 nitrogen and oxygen atoms in total. The van der Waals surface area contributed by atoms with E-state index in [2.05, 4.69) is 59.2 Å². The summed E-state index contributed by atoms with van der Waals surface area (Å²) >= 11 is 0. The number of benzene rings is 2. The van der Waals surface area contributed by atoms with E-state index in [4.69, 9.17) is 4.98 Å². The van der Waals surface area contributed by atoms with Crippen LogP contribution in [-0.4, -0.2) is 9.55 Å². The van der Waals surface area contributed by atoms with Crippen LogP contribution in [0.3, 0.4) is 0 Å². The Morgan fingerprint density at radius 3 is 2.68 bits per heavy atom. The average molecular weight is 248 g/mol. The van der Waals surface area contributed by atoms with Crippen molar-refractivity contribution < 1.29 is 0 Å². The summed E-state index contributed by atoms with van der Waals surface area (Å²) in [4.78, 5) is 4.83. The van der Waals surface area contributed by atoms with Gasteiger partial charge in [0, 0.05) is 12.5 Å². The number of fused-ring (bicyclic) bond motifs is 3. The number of imidazole rings is 1. The number of aromatic nitrogens is 2. The first-order valence-corrected chi connectivity index (χ1v) is 6.91. The van der Waals surface area contributed by atoms with Crippen LogP contribution in [0.25, 0.3) is 11.0 Å². The molecule has 2 heterocycles. The summed E-state index contributed by atoms with van der Waals surface area (Å²) in [6.45, 7) is 1.10. The fourth-order valence-corrected chi connectivity index (χ4v) is 3.15. The van der Waals surface area contributed by atoms with E-state index in [1.54, 1.807) is 0 Å². The maximum atomic E-state index is 4.83. The summed E-state index contributed by atoms with van der Waals surface area (Å²) < 4.78 is 2.39. The monoisotopic (exact) mass is 248 g/mol. The van der Waals surface area contributed by atoms with Crippen LogP contribution in [0.15, 0.2) is 54.6 Å². The number of rotatable bonds is 2. The van der Waals surface area contributed by atoms with Gasteiger partial charge in [-0.25, -0.2) is 4.98 Å². The van der Waals surface area contributed by atoms with E-state index in [0.717, 1.165) is 18.5 Å². The Kier molecular flexibility index (Phi) is 2.41. The molecule has 94 valence electrons. The van der Waals surface area contributed by atoms with E-state index < -0.39 is 0 Å². The van der Waals surface area contributed by atoms with Gasteiger partial charge in [0.05, 0.1) is 11.0 Å². The van der Waals surface area contributed by atoms with Crippen molar-refractivity contribution in [2.24, 2.45) is 0 Å². The minimum Gasteiger partial charge on any atom is -0.328 e. The molecule has 1 aliphatic heterocycles. The maximum absolute atomic E-state index is 4.83. The molecular formula is C17H16N2. The van der Waals surface area contributed by atoms with Crippen LogP contribution in [0.4, 0.5) is 0 Å². The van der Waals surface area contributed by atoms with E-state index in [1.165, 1.54) is 23.3 Å². The molecule has 0 saturated heterocycles. The Balaban J connectivity index is 1.72. The van der Waals surface area contributed by atoms with Crippen molar-refractivity contribution in [2.75, 3.05) is 0 Å². The molecule has 0 unspecified atom stereocenters. The number of para-hydroxylation sites is 2. The first-order valence-electron chi connectivity index (χ1n) is 6.91. The average Bonchev–Trinajstić information content (AvgIpc) is 3.00. The molecule has 2 heteroatoms. The molecule has 0 aliphatic carbocycles. The summed E-state index contributed by atoms with van der Waals surface area (Å²) in [5.74, 6) is 1.83. The van der Waals surface area contributed by atoms with Gasteiger partial charge in [0.25, 0.3) is 0 Å². The highest BCUT2D eigenvalue weighted by atomic mass is 15.1. The lowest BCUT2D eigenvalue weighted by Gasteiger charge is -2.07. The number of hydrogen-bond donors (Lipinski definition) is 0. The fourth-order valence-electron chi connectivity index (χ4n) is 3.15. The van der Waals surface area contributed by atoms with Crippen molar-refractivity contribution in [1.29, 1.82) is 0 Å². The molecule has 19 heavy (non-hydrogen) atoms. The van der Waals surface area contributed by atoms with Gasteiger partial charge in [-0.15, -0.1) is 0 Å². The summed E-state index contributed by atoms with van der Waals surface area (Å²) in [5, 5.41) is 0. The first-order chi connectivity index (χ1) is 9.42. The van der Waals surface area contributed by atoms with Crippen LogP contribution in [-0.2, 0) is 13.0 Å². The van der Waals surface area contributed by atoms with Crippen molar-refractivity contribution in [2.45, 2.75) is 25.3 Å².